The van der Waals surface area contributed by atoms with Crippen molar-refractivity contribution in [1.29, 1.82) is 5.26 Å². The van der Waals surface area contributed by atoms with E-state index in [1.807, 2.05) is 18.9 Å². The normalized spacial score (nSPS) is 23.9. The highest BCUT2D eigenvalue weighted by atomic mass is 19.1. The largest absolute Gasteiger partial charge is 0.474 e. The van der Waals surface area contributed by atoms with E-state index >= 15 is 0 Å². The van der Waals surface area contributed by atoms with Gasteiger partial charge in [-0.05, 0) is 59.3 Å². The van der Waals surface area contributed by atoms with Gasteiger partial charge in [-0.15, -0.1) is 0 Å². The molecule has 2 aliphatic heterocycles. The number of ether oxygens (including phenoxy) is 2. The number of hydrogen-bond donors (Lipinski definition) is 1. The van der Waals surface area contributed by atoms with Crippen LogP contribution in [-0.2, 0) is 5.41 Å². The molecule has 12 heteroatoms. The Labute approximate surface area is 243 Å². The van der Waals surface area contributed by atoms with Gasteiger partial charge in [-0.25, -0.2) is 13.2 Å². The van der Waals surface area contributed by atoms with Crippen molar-refractivity contribution in [2.24, 2.45) is 0 Å². The van der Waals surface area contributed by atoms with Gasteiger partial charge in [0.25, 0.3) is 0 Å². The number of nitriles is 1. The number of benzene rings is 1. The molecule has 2 aromatic heterocycles. The number of aromatic nitrogens is 3. The molecule has 5 rings (SSSR count). The van der Waals surface area contributed by atoms with E-state index in [0.29, 0.717) is 38.8 Å². The average molecular weight is 585 g/mol. The number of hydrogen-bond acceptors (Lipinski definition) is 9. The molecule has 0 aliphatic carbocycles. The molecule has 2 fully saturated rings. The van der Waals surface area contributed by atoms with E-state index in [2.05, 4.69) is 26.5 Å². The summed E-state index contributed by atoms with van der Waals surface area (Å²) >= 11 is 0. The molecule has 0 unspecified atom stereocenters. The van der Waals surface area contributed by atoms with Crippen LogP contribution in [0.15, 0.2) is 34.9 Å². The fourth-order valence-corrected chi connectivity index (χ4v) is 5.83. The molecule has 0 radical (unpaired) electrons. The van der Waals surface area contributed by atoms with Crippen molar-refractivity contribution in [3.05, 3.63) is 53.2 Å². The molecule has 1 aromatic carbocycles. The van der Waals surface area contributed by atoms with Gasteiger partial charge in [0.15, 0.2) is 0 Å². The van der Waals surface area contributed by atoms with Crippen LogP contribution in [0.25, 0.3) is 11.6 Å². The quantitative estimate of drug-likeness (QED) is 0.373. The predicted octanol–water partition coefficient (Wildman–Crippen LogP) is 4.96. The van der Waals surface area contributed by atoms with Gasteiger partial charge in [0, 0.05) is 42.1 Å². The van der Waals surface area contributed by atoms with Crippen LogP contribution >= 0.6 is 0 Å². The highest BCUT2D eigenvalue weighted by Crippen LogP contribution is 2.36. The molecule has 1 N–H and O–H groups in total. The van der Waals surface area contributed by atoms with Crippen LogP contribution in [0.5, 0.6) is 11.8 Å². The van der Waals surface area contributed by atoms with E-state index < -0.39 is 29.3 Å². The first-order valence-electron chi connectivity index (χ1n) is 14.1. The predicted molar refractivity (Wildman–Crippen MR) is 148 cm³/mol. The lowest BCUT2D eigenvalue weighted by molar-refractivity contribution is 0.113. The van der Waals surface area contributed by atoms with Crippen molar-refractivity contribution in [2.75, 3.05) is 20.1 Å². The van der Waals surface area contributed by atoms with Gasteiger partial charge in [-0.1, -0.05) is 11.2 Å². The fourth-order valence-electron chi connectivity index (χ4n) is 5.83. The van der Waals surface area contributed by atoms with Gasteiger partial charge >= 0.3 is 0 Å². The van der Waals surface area contributed by atoms with Gasteiger partial charge in [-0.2, -0.15) is 15.2 Å². The summed E-state index contributed by atoms with van der Waals surface area (Å²) in [6.07, 6.45) is 0.540. The Morgan fingerprint density at radius 2 is 1.93 bits per heavy atom. The second kappa shape index (κ2) is 12.3. The highest BCUT2D eigenvalue weighted by Gasteiger charge is 2.36. The molecule has 0 saturated carbocycles. The van der Waals surface area contributed by atoms with Crippen molar-refractivity contribution in [2.45, 2.75) is 82.3 Å². The minimum Gasteiger partial charge on any atom is -0.474 e. The van der Waals surface area contributed by atoms with E-state index in [9.17, 15) is 13.2 Å². The Hall–Kier alpha value is -3.69. The highest BCUT2D eigenvalue weighted by molar-refractivity contribution is 5.51. The topological polar surface area (TPSA) is 109 Å². The van der Waals surface area contributed by atoms with Gasteiger partial charge in [0.1, 0.15) is 30.0 Å². The Bertz CT molecular complexity index is 1420. The molecule has 0 amide bonds. The SMILES string of the molecule is C[C@H](Oc1cc(O[C@H]2CCN[C@H](CC#N)C2)nc(-c2cc(C(C)(C)c3c(F)cccc3F)no2)n1)[C@@H]1C[C@@H](F)CN1C. The maximum absolute atomic E-state index is 14.7. The number of alkyl halides is 1. The van der Waals surface area contributed by atoms with E-state index in [4.69, 9.17) is 19.3 Å². The molecule has 4 heterocycles. The summed E-state index contributed by atoms with van der Waals surface area (Å²) in [5.41, 5.74) is -1.02. The number of likely N-dealkylation sites (tertiary alicyclic amines) is 1. The zero-order valence-corrected chi connectivity index (χ0v) is 24.1. The molecule has 3 aromatic rings. The number of nitrogens with one attached hydrogen (secondary N) is 1. The maximum atomic E-state index is 14.7. The zero-order chi connectivity index (χ0) is 30.0. The van der Waals surface area contributed by atoms with Crippen LogP contribution in [0.2, 0.25) is 0 Å². The molecule has 2 saturated heterocycles. The van der Waals surface area contributed by atoms with Crippen molar-refractivity contribution < 1.29 is 27.2 Å². The number of nitrogens with zero attached hydrogens (tertiary/aromatic N) is 5. The Kier molecular flexibility index (Phi) is 8.70. The maximum Gasteiger partial charge on any atom is 0.221 e. The van der Waals surface area contributed by atoms with Gasteiger partial charge in [0.05, 0.1) is 24.3 Å². The van der Waals surface area contributed by atoms with Crippen molar-refractivity contribution in [3.63, 3.8) is 0 Å². The van der Waals surface area contributed by atoms with Crippen molar-refractivity contribution >= 4 is 0 Å². The summed E-state index contributed by atoms with van der Waals surface area (Å²) in [5.74, 6) is -0.658. The Morgan fingerprint density at radius 1 is 1.19 bits per heavy atom. The molecule has 0 bridgehead atoms. The summed E-state index contributed by atoms with van der Waals surface area (Å²) in [6, 6.07) is 8.89. The van der Waals surface area contributed by atoms with Gasteiger partial charge in [0.2, 0.25) is 23.3 Å². The molecule has 2 aliphatic rings. The van der Waals surface area contributed by atoms with Crippen molar-refractivity contribution in [3.8, 4) is 29.4 Å². The number of halogens is 3. The Morgan fingerprint density at radius 3 is 2.62 bits per heavy atom. The van der Waals surface area contributed by atoms with Crippen LogP contribution in [0.4, 0.5) is 13.2 Å². The summed E-state index contributed by atoms with van der Waals surface area (Å²) in [6.45, 7) is 6.19. The summed E-state index contributed by atoms with van der Waals surface area (Å²) in [7, 11) is 1.86. The molecular formula is C30H35F3N6O3. The molecule has 224 valence electrons. The number of likely N-dealkylation sites (N-methyl/N-ethyl adjacent to an activating group) is 1. The van der Waals surface area contributed by atoms with Crippen LogP contribution in [0.1, 0.15) is 57.7 Å². The van der Waals surface area contributed by atoms with Crippen LogP contribution in [-0.4, -0.2) is 70.6 Å². The molecular weight excluding hydrogens is 549 g/mol. The molecule has 42 heavy (non-hydrogen) atoms. The van der Waals surface area contributed by atoms with Gasteiger partial charge < -0.3 is 19.3 Å². The first kappa shape index (κ1) is 29.8. The van der Waals surface area contributed by atoms with E-state index in [0.717, 1.165) is 0 Å². The monoisotopic (exact) mass is 584 g/mol. The minimum absolute atomic E-state index is 0.00944. The Balaban J connectivity index is 1.45. The van der Waals surface area contributed by atoms with Crippen molar-refractivity contribution in [1.82, 2.24) is 25.3 Å². The third-order valence-electron chi connectivity index (χ3n) is 8.11. The van der Waals surface area contributed by atoms with E-state index in [1.54, 1.807) is 26.0 Å². The lowest BCUT2D eigenvalue weighted by Gasteiger charge is -2.29. The minimum atomic E-state index is -1.17. The number of piperidine rings is 1. The van der Waals surface area contributed by atoms with Crippen LogP contribution in [0, 0.1) is 23.0 Å². The fraction of sp³-hybridized carbons (Fsp3) is 0.533. The molecule has 5 atom stereocenters. The van der Waals surface area contributed by atoms with Crippen LogP contribution in [0.3, 0.4) is 0 Å². The van der Waals surface area contributed by atoms with E-state index in [1.165, 1.54) is 18.2 Å². The van der Waals surface area contributed by atoms with Gasteiger partial charge in [-0.3, -0.25) is 4.90 Å². The lowest BCUT2D eigenvalue weighted by Crippen LogP contribution is -2.42. The summed E-state index contributed by atoms with van der Waals surface area (Å²) in [4.78, 5) is 11.0. The standard InChI is InChI=1S/C30H35F3N6O3/c1-17(23-12-18(31)16-39(23)4)40-26-15-27(41-20-9-11-35-19(13-20)8-10-34)37-29(36-26)24-14-25(38-42-24)30(2,3)28-21(32)6-5-7-22(28)33/h5-7,14-15,17-20,23,35H,8-9,11-13,16H2,1-4H3/t17-,18+,19+,20-,23-/m0/s1. The second-order valence-electron chi connectivity index (χ2n) is 11.6. The lowest BCUT2D eigenvalue weighted by atomic mass is 9.80. The molecule has 0 spiro atoms. The number of rotatable bonds is 9. The molecule has 9 nitrogen and oxygen atoms in total. The summed E-state index contributed by atoms with van der Waals surface area (Å²) < 4.78 is 61.4. The zero-order valence-electron chi connectivity index (χ0n) is 24.1. The third kappa shape index (κ3) is 6.37. The second-order valence-corrected chi connectivity index (χ2v) is 11.6. The smallest absolute Gasteiger partial charge is 0.221 e. The summed E-state index contributed by atoms with van der Waals surface area (Å²) in [5, 5.41) is 16.5. The first-order valence-corrected chi connectivity index (χ1v) is 14.1. The van der Waals surface area contributed by atoms with Crippen LogP contribution < -0.4 is 14.8 Å². The average Bonchev–Trinajstić information content (AvgIpc) is 3.56. The van der Waals surface area contributed by atoms with E-state index in [-0.39, 0.29) is 52.8 Å². The third-order valence-corrected chi connectivity index (χ3v) is 8.11. The first-order chi connectivity index (χ1) is 20.0.